The van der Waals surface area contributed by atoms with Gasteiger partial charge in [0.05, 0.1) is 16.4 Å². The smallest absolute Gasteiger partial charge is 0.326 e. The first-order valence-corrected chi connectivity index (χ1v) is 11.1. The lowest BCUT2D eigenvalue weighted by Crippen LogP contribution is -2.44. The van der Waals surface area contributed by atoms with Gasteiger partial charge in [-0.05, 0) is 62.4 Å². The van der Waals surface area contributed by atoms with Gasteiger partial charge in [0.25, 0.3) is 5.89 Å². The van der Waals surface area contributed by atoms with Crippen molar-refractivity contribution >= 4 is 34.7 Å². The summed E-state index contributed by atoms with van der Waals surface area (Å²) < 4.78 is 5.19. The number of halogens is 1. The van der Waals surface area contributed by atoms with Crippen molar-refractivity contribution in [1.29, 1.82) is 0 Å². The van der Waals surface area contributed by atoms with E-state index in [1.165, 1.54) is 0 Å². The van der Waals surface area contributed by atoms with Crippen molar-refractivity contribution in [2.24, 2.45) is 0 Å². The summed E-state index contributed by atoms with van der Waals surface area (Å²) in [4.78, 5) is 23.7. The molecule has 1 fully saturated rings. The van der Waals surface area contributed by atoms with Gasteiger partial charge in [-0.1, -0.05) is 16.8 Å². The van der Waals surface area contributed by atoms with Gasteiger partial charge in [-0.15, -0.1) is 0 Å². The Kier molecular flexibility index (Phi) is 5.48. The van der Waals surface area contributed by atoms with Crippen LogP contribution in [0.3, 0.4) is 0 Å². The largest absolute Gasteiger partial charge is 0.368 e. The maximum atomic E-state index is 13.1. The Bertz CT molecular complexity index is 1140. The summed E-state index contributed by atoms with van der Waals surface area (Å²) in [5.41, 5.74) is 4.54. The number of aryl methyl sites for hydroxylation is 1. The number of likely N-dealkylation sites (N-methyl/N-ethyl adjacent to an activating group) is 1. The molecule has 32 heavy (non-hydrogen) atoms. The second kappa shape index (κ2) is 8.44. The molecule has 0 unspecified atom stereocenters. The van der Waals surface area contributed by atoms with Crippen LogP contribution in [0, 0.1) is 6.92 Å². The average Bonchev–Trinajstić information content (AvgIpc) is 3.40. The number of hydrogen-bond donors (Lipinski definition) is 1. The lowest BCUT2D eigenvalue weighted by atomic mass is 10.1. The van der Waals surface area contributed by atoms with E-state index in [4.69, 9.17) is 16.1 Å². The predicted octanol–water partition coefficient (Wildman–Crippen LogP) is 4.04. The van der Waals surface area contributed by atoms with E-state index in [-0.39, 0.29) is 6.03 Å². The lowest BCUT2D eigenvalue weighted by molar-refractivity contribution is 0.257. The minimum atomic E-state index is -0.156. The highest BCUT2D eigenvalue weighted by molar-refractivity contribution is 6.33. The zero-order chi connectivity index (χ0) is 22.2. The van der Waals surface area contributed by atoms with E-state index in [1.54, 1.807) is 11.8 Å². The molecule has 1 aromatic heterocycles. The number of fused-ring (bicyclic) bond motifs is 1. The predicted molar refractivity (Wildman–Crippen MR) is 126 cm³/mol. The summed E-state index contributed by atoms with van der Waals surface area (Å²) in [6.45, 7) is 6.24. The maximum absolute atomic E-state index is 13.1. The van der Waals surface area contributed by atoms with Crippen molar-refractivity contribution in [2.75, 3.05) is 54.9 Å². The van der Waals surface area contributed by atoms with E-state index < -0.39 is 0 Å². The zero-order valence-corrected chi connectivity index (χ0v) is 18.9. The highest BCUT2D eigenvalue weighted by Crippen LogP contribution is 2.38. The number of nitrogens with zero attached hydrogens (tertiary/aromatic N) is 5. The number of urea groups is 1. The molecule has 9 heteroatoms. The highest BCUT2D eigenvalue weighted by atomic mass is 35.5. The van der Waals surface area contributed by atoms with E-state index in [0.717, 1.165) is 60.1 Å². The van der Waals surface area contributed by atoms with Crippen LogP contribution in [-0.4, -0.2) is 60.8 Å². The molecule has 0 radical (unpaired) electrons. The molecule has 0 saturated carbocycles. The molecule has 3 aromatic rings. The average molecular weight is 453 g/mol. The molecular weight excluding hydrogens is 428 g/mol. The van der Waals surface area contributed by atoms with Crippen LogP contribution in [0.2, 0.25) is 5.02 Å². The molecule has 2 aliphatic heterocycles. The topological polar surface area (TPSA) is 77.7 Å². The number of nitrogens with one attached hydrogen (secondary N) is 1. The fourth-order valence-corrected chi connectivity index (χ4v) is 4.50. The van der Waals surface area contributed by atoms with Crippen molar-refractivity contribution < 1.29 is 9.32 Å². The quantitative estimate of drug-likeness (QED) is 0.646. The SMILES string of the molecule is Cc1noc(-c2ccc(NC(=O)N3CCc4cc(Cl)c(N5CCN(C)CC5)cc43)cc2)n1. The number of amides is 2. The Morgan fingerprint density at radius 3 is 2.50 bits per heavy atom. The van der Waals surface area contributed by atoms with E-state index >= 15 is 0 Å². The fourth-order valence-electron chi connectivity index (χ4n) is 4.20. The normalized spacial score (nSPS) is 16.3. The van der Waals surface area contributed by atoms with Gasteiger partial charge in [0, 0.05) is 44.0 Å². The highest BCUT2D eigenvalue weighted by Gasteiger charge is 2.28. The van der Waals surface area contributed by atoms with Crippen molar-refractivity contribution in [3.63, 3.8) is 0 Å². The van der Waals surface area contributed by atoms with Crippen LogP contribution in [0.1, 0.15) is 11.4 Å². The van der Waals surface area contributed by atoms with Crippen molar-refractivity contribution in [3.05, 3.63) is 52.8 Å². The molecule has 166 valence electrons. The van der Waals surface area contributed by atoms with Crippen LogP contribution in [0.5, 0.6) is 0 Å². The number of hydrogen-bond acceptors (Lipinski definition) is 6. The molecule has 1 N–H and O–H groups in total. The molecular formula is C23H25ClN6O2. The molecule has 0 aliphatic carbocycles. The summed E-state index contributed by atoms with van der Waals surface area (Å²) in [6, 6.07) is 11.3. The summed E-state index contributed by atoms with van der Waals surface area (Å²) in [5, 5.41) is 7.56. The molecule has 0 atom stereocenters. The molecule has 0 spiro atoms. The first-order valence-electron chi connectivity index (χ1n) is 10.7. The monoisotopic (exact) mass is 452 g/mol. The van der Waals surface area contributed by atoms with E-state index in [0.29, 0.717) is 23.9 Å². The van der Waals surface area contributed by atoms with Crippen LogP contribution in [-0.2, 0) is 6.42 Å². The van der Waals surface area contributed by atoms with Gasteiger partial charge in [0.15, 0.2) is 5.82 Å². The number of piperazine rings is 1. The minimum absolute atomic E-state index is 0.156. The van der Waals surface area contributed by atoms with E-state index in [2.05, 4.69) is 38.4 Å². The first-order chi connectivity index (χ1) is 15.5. The van der Waals surface area contributed by atoms with Crippen molar-refractivity contribution in [3.8, 4) is 11.5 Å². The molecule has 8 nitrogen and oxygen atoms in total. The number of benzene rings is 2. The first kappa shape index (κ1) is 20.8. The van der Waals surface area contributed by atoms with Gasteiger partial charge >= 0.3 is 6.03 Å². The van der Waals surface area contributed by atoms with E-state index in [9.17, 15) is 4.79 Å². The van der Waals surface area contributed by atoms with Gasteiger partial charge in [-0.3, -0.25) is 4.90 Å². The molecule has 2 aromatic carbocycles. The summed E-state index contributed by atoms with van der Waals surface area (Å²) >= 11 is 6.61. The summed E-state index contributed by atoms with van der Waals surface area (Å²) in [7, 11) is 2.13. The third-order valence-corrected chi connectivity index (χ3v) is 6.35. The van der Waals surface area contributed by atoms with Gasteiger partial charge in [0.2, 0.25) is 0 Å². The molecule has 5 rings (SSSR count). The number of anilines is 3. The van der Waals surface area contributed by atoms with Gasteiger partial charge < -0.3 is 19.6 Å². The Labute approximate surface area is 191 Å². The fraction of sp³-hybridized carbons (Fsp3) is 0.348. The molecule has 1 saturated heterocycles. The summed E-state index contributed by atoms with van der Waals surface area (Å²) in [5.74, 6) is 1.04. The van der Waals surface area contributed by atoms with Crippen molar-refractivity contribution in [2.45, 2.75) is 13.3 Å². The van der Waals surface area contributed by atoms with Crippen LogP contribution >= 0.6 is 11.6 Å². The number of carbonyl (C=O) groups is 1. The Hall–Kier alpha value is -3.10. The number of aromatic nitrogens is 2. The van der Waals surface area contributed by atoms with Gasteiger partial charge in [-0.2, -0.15) is 4.98 Å². The third kappa shape index (κ3) is 4.03. The Morgan fingerprint density at radius 2 is 1.81 bits per heavy atom. The minimum Gasteiger partial charge on any atom is -0.368 e. The van der Waals surface area contributed by atoms with Gasteiger partial charge in [0.1, 0.15) is 0 Å². The molecule has 3 heterocycles. The lowest BCUT2D eigenvalue weighted by Gasteiger charge is -2.35. The number of carbonyl (C=O) groups excluding carboxylic acids is 1. The van der Waals surface area contributed by atoms with Crippen LogP contribution in [0.15, 0.2) is 40.9 Å². The van der Waals surface area contributed by atoms with Crippen LogP contribution in [0.25, 0.3) is 11.5 Å². The van der Waals surface area contributed by atoms with Gasteiger partial charge in [-0.25, -0.2) is 4.79 Å². The van der Waals surface area contributed by atoms with Crippen molar-refractivity contribution in [1.82, 2.24) is 15.0 Å². The second-order valence-electron chi connectivity index (χ2n) is 8.28. The Morgan fingerprint density at radius 1 is 1.06 bits per heavy atom. The van der Waals surface area contributed by atoms with Crippen LogP contribution in [0.4, 0.5) is 21.9 Å². The summed E-state index contributed by atoms with van der Waals surface area (Å²) in [6.07, 6.45) is 0.793. The van der Waals surface area contributed by atoms with E-state index in [1.807, 2.05) is 30.3 Å². The molecule has 2 amide bonds. The molecule has 0 bridgehead atoms. The Balaban J connectivity index is 1.32. The third-order valence-electron chi connectivity index (χ3n) is 6.04. The second-order valence-corrected chi connectivity index (χ2v) is 8.69. The molecule has 2 aliphatic rings. The maximum Gasteiger partial charge on any atom is 0.326 e. The standard InChI is InChI=1S/C23H25ClN6O2/c1-15-25-22(32-27-15)16-3-5-18(6-4-16)26-23(31)30-8-7-17-13-19(24)21(14-20(17)30)29-11-9-28(2)10-12-29/h3-6,13-14H,7-12H2,1-2H3,(H,26,31). The van der Waals surface area contributed by atoms with Crippen LogP contribution < -0.4 is 15.1 Å². The number of rotatable bonds is 3. The zero-order valence-electron chi connectivity index (χ0n) is 18.1.